The zero-order valence-electron chi connectivity index (χ0n) is 19.1. The molecule has 8 heteroatoms. The second kappa shape index (κ2) is 7.52. The lowest BCUT2D eigenvalue weighted by Crippen LogP contribution is -2.50. The van der Waals surface area contributed by atoms with Crippen molar-refractivity contribution in [2.24, 2.45) is 35.5 Å². The maximum atomic E-state index is 13.2. The van der Waals surface area contributed by atoms with Crippen molar-refractivity contribution < 1.29 is 18.0 Å². The number of hydrogen-bond donors (Lipinski definition) is 1. The number of sulfonamides is 1. The van der Waals surface area contributed by atoms with Crippen molar-refractivity contribution in [3.8, 4) is 0 Å². The predicted octanol–water partition coefficient (Wildman–Crippen LogP) is 2.40. The van der Waals surface area contributed by atoms with Crippen molar-refractivity contribution in [3.63, 3.8) is 0 Å². The van der Waals surface area contributed by atoms with E-state index in [-0.39, 0.29) is 53.5 Å². The molecule has 6 atom stereocenters. The highest BCUT2D eigenvalue weighted by molar-refractivity contribution is 7.89. The number of likely N-dealkylation sites (tertiary alicyclic amines) is 1. The summed E-state index contributed by atoms with van der Waals surface area (Å²) in [6.07, 6.45) is 8.53. The van der Waals surface area contributed by atoms with Gasteiger partial charge in [-0.3, -0.25) is 14.5 Å². The van der Waals surface area contributed by atoms with Gasteiger partial charge in [-0.1, -0.05) is 48.6 Å². The van der Waals surface area contributed by atoms with Crippen LogP contribution < -0.4 is 9.62 Å². The molecule has 2 aromatic rings. The van der Waals surface area contributed by atoms with Gasteiger partial charge in [0.05, 0.1) is 16.7 Å². The van der Waals surface area contributed by atoms with E-state index < -0.39 is 10.0 Å². The molecule has 2 bridgehead atoms. The third-order valence-electron chi connectivity index (χ3n) is 8.02. The van der Waals surface area contributed by atoms with Crippen LogP contribution in [0.25, 0.3) is 10.8 Å². The molecule has 1 saturated heterocycles. The number of amides is 2. The topological polar surface area (TPSA) is 86.8 Å². The summed E-state index contributed by atoms with van der Waals surface area (Å²) < 4.78 is 29.0. The molecule has 7 nitrogen and oxygen atoms in total. The number of imide groups is 1. The molecular weight excluding hydrogens is 450 g/mol. The fourth-order valence-corrected chi connectivity index (χ4v) is 7.67. The second-order valence-electron chi connectivity index (χ2n) is 9.88. The van der Waals surface area contributed by atoms with Crippen LogP contribution in [0.4, 0.5) is 5.69 Å². The molecule has 1 N–H and O–H groups in total. The van der Waals surface area contributed by atoms with E-state index in [1.54, 1.807) is 18.2 Å². The molecule has 5 aliphatic rings. The first-order valence-corrected chi connectivity index (χ1v) is 13.2. The van der Waals surface area contributed by atoms with E-state index in [1.165, 1.54) is 4.90 Å². The van der Waals surface area contributed by atoms with Gasteiger partial charge in [0.1, 0.15) is 0 Å². The van der Waals surface area contributed by atoms with Crippen LogP contribution in [-0.4, -0.2) is 52.3 Å². The summed E-state index contributed by atoms with van der Waals surface area (Å²) >= 11 is 0. The van der Waals surface area contributed by atoms with Crippen molar-refractivity contribution in [1.82, 2.24) is 9.62 Å². The summed E-state index contributed by atoms with van der Waals surface area (Å²) in [5.74, 6) is -0.0917. The van der Waals surface area contributed by atoms with Crippen molar-refractivity contribution in [1.29, 1.82) is 0 Å². The maximum absolute atomic E-state index is 13.2. The van der Waals surface area contributed by atoms with Crippen LogP contribution in [0.5, 0.6) is 0 Å². The molecule has 0 radical (unpaired) electrons. The van der Waals surface area contributed by atoms with Crippen LogP contribution in [0, 0.1) is 35.5 Å². The molecule has 4 aliphatic carbocycles. The van der Waals surface area contributed by atoms with E-state index in [4.69, 9.17) is 0 Å². The van der Waals surface area contributed by atoms with Gasteiger partial charge in [0.2, 0.25) is 21.8 Å². The van der Waals surface area contributed by atoms with Gasteiger partial charge in [-0.05, 0) is 35.8 Å². The van der Waals surface area contributed by atoms with Gasteiger partial charge < -0.3 is 4.90 Å². The molecule has 1 aliphatic heterocycles. The highest BCUT2D eigenvalue weighted by Crippen LogP contribution is 2.58. The van der Waals surface area contributed by atoms with Crippen LogP contribution in [0.3, 0.4) is 0 Å². The van der Waals surface area contributed by atoms with Gasteiger partial charge >= 0.3 is 0 Å². The SMILES string of the molecule is CN(C)c1cccc2c(S(=O)(=O)NCCN3C(=O)C4C5C=CC(C6C=CC65)C4C3=O)cccc12. The van der Waals surface area contributed by atoms with Crippen LogP contribution >= 0.6 is 0 Å². The number of nitrogens with zero attached hydrogens (tertiary/aromatic N) is 2. The molecule has 0 spiro atoms. The molecule has 1 heterocycles. The van der Waals surface area contributed by atoms with Gasteiger partial charge in [-0.15, -0.1) is 0 Å². The number of rotatable bonds is 6. The minimum absolute atomic E-state index is 0.0170. The van der Waals surface area contributed by atoms with E-state index in [0.717, 1.165) is 11.1 Å². The molecule has 2 fully saturated rings. The Morgan fingerprint density at radius 2 is 1.38 bits per heavy atom. The average molecular weight is 478 g/mol. The van der Waals surface area contributed by atoms with Gasteiger partial charge in [0.15, 0.2) is 0 Å². The second-order valence-corrected chi connectivity index (χ2v) is 11.6. The minimum atomic E-state index is -3.84. The summed E-state index contributed by atoms with van der Waals surface area (Å²) in [4.78, 5) is 29.8. The molecule has 176 valence electrons. The third-order valence-corrected chi connectivity index (χ3v) is 9.54. The van der Waals surface area contributed by atoms with Crippen LogP contribution in [-0.2, 0) is 19.6 Å². The fourth-order valence-electron chi connectivity index (χ4n) is 6.43. The molecule has 2 aromatic carbocycles. The number of carbonyl (C=O) groups excluding carboxylic acids is 2. The van der Waals surface area contributed by atoms with Gasteiger partial charge in [0.25, 0.3) is 0 Å². The molecule has 34 heavy (non-hydrogen) atoms. The van der Waals surface area contributed by atoms with E-state index >= 15 is 0 Å². The summed E-state index contributed by atoms with van der Waals surface area (Å²) in [5, 5.41) is 1.47. The number of anilines is 1. The number of carbonyl (C=O) groups is 2. The zero-order valence-corrected chi connectivity index (χ0v) is 19.9. The molecule has 7 rings (SSSR count). The quantitative estimate of drug-likeness (QED) is 0.510. The Bertz CT molecular complexity index is 1340. The first-order valence-electron chi connectivity index (χ1n) is 11.7. The standard InChI is InChI=1S/C26H27N3O4S/c1-28(2)21-7-3-6-18-17(21)5-4-8-22(18)34(32,33)27-13-14-29-25(30)23-19-11-12-20(24(23)26(29)31)16-10-9-15(16)19/h3-12,15-16,19-20,23-24,27H,13-14H2,1-2H3. The molecule has 6 unspecified atom stereocenters. The average Bonchev–Trinajstić information content (AvgIpc) is 3.04. The summed E-state index contributed by atoms with van der Waals surface area (Å²) in [7, 11) is -0.00719. The lowest BCUT2D eigenvalue weighted by Gasteiger charge is -2.51. The number of fused-ring (bicyclic) bond motifs is 1. The van der Waals surface area contributed by atoms with Crippen LogP contribution in [0.2, 0.25) is 0 Å². The van der Waals surface area contributed by atoms with Gasteiger partial charge in [-0.25, -0.2) is 13.1 Å². The summed E-state index contributed by atoms with van der Waals surface area (Å²) in [6, 6.07) is 10.8. The summed E-state index contributed by atoms with van der Waals surface area (Å²) in [6.45, 7) is 0.0245. The number of nitrogens with one attached hydrogen (secondary N) is 1. The first kappa shape index (κ1) is 21.6. The monoisotopic (exact) mass is 477 g/mol. The third kappa shape index (κ3) is 2.94. The zero-order chi connectivity index (χ0) is 23.8. The lowest BCUT2D eigenvalue weighted by atomic mass is 9.50. The Morgan fingerprint density at radius 1 is 0.824 bits per heavy atom. The largest absolute Gasteiger partial charge is 0.377 e. The smallest absolute Gasteiger partial charge is 0.241 e. The van der Waals surface area contributed by atoms with Crippen molar-refractivity contribution in [2.45, 2.75) is 4.90 Å². The number of benzene rings is 2. The Hall–Kier alpha value is -2.97. The van der Waals surface area contributed by atoms with Crippen molar-refractivity contribution >= 4 is 38.3 Å². The Morgan fingerprint density at radius 3 is 1.97 bits per heavy atom. The van der Waals surface area contributed by atoms with E-state index in [0.29, 0.717) is 17.2 Å². The van der Waals surface area contributed by atoms with E-state index in [9.17, 15) is 18.0 Å². The Labute approximate surface area is 199 Å². The van der Waals surface area contributed by atoms with Gasteiger partial charge in [-0.2, -0.15) is 0 Å². The molecule has 0 aromatic heterocycles. The van der Waals surface area contributed by atoms with Crippen molar-refractivity contribution in [2.75, 3.05) is 32.1 Å². The number of allylic oxidation sites excluding steroid dienone is 4. The Balaban J connectivity index is 1.20. The Kier molecular flexibility index (Phi) is 4.76. The van der Waals surface area contributed by atoms with Crippen molar-refractivity contribution in [3.05, 3.63) is 60.7 Å². The number of hydrogen-bond acceptors (Lipinski definition) is 5. The van der Waals surface area contributed by atoms with Crippen LogP contribution in [0.15, 0.2) is 65.6 Å². The van der Waals surface area contributed by atoms with E-state index in [1.807, 2.05) is 37.2 Å². The maximum Gasteiger partial charge on any atom is 0.241 e. The highest BCUT2D eigenvalue weighted by atomic mass is 32.2. The molecular formula is C26H27N3O4S. The molecule has 2 amide bonds. The first-order chi connectivity index (χ1) is 16.3. The minimum Gasteiger partial charge on any atom is -0.377 e. The van der Waals surface area contributed by atoms with E-state index in [2.05, 4.69) is 29.0 Å². The highest BCUT2D eigenvalue weighted by Gasteiger charge is 2.62. The van der Waals surface area contributed by atoms with Gasteiger partial charge in [0, 0.05) is 43.6 Å². The normalized spacial score (nSPS) is 31.1. The fraction of sp³-hybridized carbons (Fsp3) is 0.385. The molecule has 1 saturated carbocycles. The summed E-state index contributed by atoms with van der Waals surface area (Å²) in [5.41, 5.74) is 0.928. The van der Waals surface area contributed by atoms with Crippen LogP contribution in [0.1, 0.15) is 0 Å². The predicted molar refractivity (Wildman–Crippen MR) is 129 cm³/mol. The lowest BCUT2D eigenvalue weighted by molar-refractivity contribution is -0.140.